The highest BCUT2D eigenvalue weighted by molar-refractivity contribution is 6.30. The molecule has 0 unspecified atom stereocenters. The Balaban J connectivity index is 1.59. The Hall–Kier alpha value is -2.12. The first kappa shape index (κ1) is 16.7. The average Bonchev–Trinajstić information content (AvgIpc) is 2.62. The standard InChI is InChI=1S/C16H21ClN6O/c1-24-10-5-18-16-20-15(12-19-21-16)23-8-6-22(7-9-23)14-4-2-3-13(17)11-14/h2-4,11-12H,5-10H2,1H3,(H,18,20,21). The first-order chi connectivity index (χ1) is 11.8. The largest absolute Gasteiger partial charge is 0.383 e. The molecule has 7 nitrogen and oxygen atoms in total. The summed E-state index contributed by atoms with van der Waals surface area (Å²) >= 11 is 6.08. The van der Waals surface area contributed by atoms with Gasteiger partial charge in [-0.25, -0.2) is 0 Å². The maximum Gasteiger partial charge on any atom is 0.244 e. The summed E-state index contributed by atoms with van der Waals surface area (Å²) in [5.74, 6) is 1.37. The number of ether oxygens (including phenoxy) is 1. The van der Waals surface area contributed by atoms with Crippen LogP contribution in [0, 0.1) is 0 Å². The lowest BCUT2D eigenvalue weighted by Crippen LogP contribution is -2.47. The molecular formula is C16H21ClN6O. The van der Waals surface area contributed by atoms with Gasteiger partial charge in [-0.1, -0.05) is 17.7 Å². The highest BCUT2D eigenvalue weighted by Gasteiger charge is 2.19. The summed E-state index contributed by atoms with van der Waals surface area (Å²) in [6.45, 7) is 4.84. The third-order valence-electron chi connectivity index (χ3n) is 3.91. The molecule has 2 heterocycles. The number of halogens is 1. The van der Waals surface area contributed by atoms with Gasteiger partial charge < -0.3 is 19.9 Å². The second-order valence-corrected chi connectivity index (χ2v) is 5.95. The van der Waals surface area contributed by atoms with Gasteiger partial charge in [0.25, 0.3) is 0 Å². The molecule has 0 bridgehead atoms. The molecule has 0 amide bonds. The van der Waals surface area contributed by atoms with Crippen molar-refractivity contribution in [2.24, 2.45) is 0 Å². The van der Waals surface area contributed by atoms with Crippen molar-refractivity contribution in [1.29, 1.82) is 0 Å². The molecule has 24 heavy (non-hydrogen) atoms. The van der Waals surface area contributed by atoms with E-state index in [1.54, 1.807) is 13.3 Å². The Labute approximate surface area is 146 Å². The highest BCUT2D eigenvalue weighted by Crippen LogP contribution is 2.22. The Morgan fingerprint density at radius 1 is 1.21 bits per heavy atom. The van der Waals surface area contributed by atoms with Gasteiger partial charge in [-0.15, -0.1) is 5.10 Å². The van der Waals surface area contributed by atoms with Crippen LogP contribution in [0.3, 0.4) is 0 Å². The number of rotatable bonds is 6. The number of piperazine rings is 1. The van der Waals surface area contributed by atoms with Crippen LogP contribution in [0.1, 0.15) is 0 Å². The topological polar surface area (TPSA) is 66.4 Å². The summed E-state index contributed by atoms with van der Waals surface area (Å²) in [7, 11) is 1.66. The molecule has 1 aromatic carbocycles. The van der Waals surface area contributed by atoms with Crippen molar-refractivity contribution < 1.29 is 4.74 Å². The molecule has 128 valence electrons. The van der Waals surface area contributed by atoms with Crippen LogP contribution in [0.2, 0.25) is 5.02 Å². The molecule has 0 radical (unpaired) electrons. The van der Waals surface area contributed by atoms with E-state index >= 15 is 0 Å². The minimum absolute atomic E-state index is 0.529. The van der Waals surface area contributed by atoms with Crippen LogP contribution in [0.15, 0.2) is 30.5 Å². The number of hydrogen-bond donors (Lipinski definition) is 1. The van der Waals surface area contributed by atoms with Crippen LogP contribution in [0.4, 0.5) is 17.5 Å². The van der Waals surface area contributed by atoms with E-state index in [0.29, 0.717) is 19.1 Å². The fourth-order valence-electron chi connectivity index (χ4n) is 2.65. The number of nitrogens with one attached hydrogen (secondary N) is 1. The van der Waals surface area contributed by atoms with Gasteiger partial charge in [0.1, 0.15) is 0 Å². The van der Waals surface area contributed by atoms with E-state index in [1.807, 2.05) is 18.2 Å². The van der Waals surface area contributed by atoms with Crippen LogP contribution >= 0.6 is 11.6 Å². The number of hydrogen-bond acceptors (Lipinski definition) is 7. The van der Waals surface area contributed by atoms with Crippen LogP contribution in [0.5, 0.6) is 0 Å². The molecule has 1 aromatic heterocycles. The second kappa shape index (κ2) is 8.12. The summed E-state index contributed by atoms with van der Waals surface area (Å²) < 4.78 is 5.01. The van der Waals surface area contributed by atoms with Crippen molar-refractivity contribution in [2.45, 2.75) is 0 Å². The molecule has 3 rings (SSSR count). The molecule has 1 aliphatic rings. The van der Waals surface area contributed by atoms with Gasteiger partial charge in [0.05, 0.1) is 12.8 Å². The third-order valence-corrected chi connectivity index (χ3v) is 4.15. The fraction of sp³-hybridized carbons (Fsp3) is 0.438. The van der Waals surface area contributed by atoms with Crippen molar-refractivity contribution in [3.05, 3.63) is 35.5 Å². The zero-order valence-corrected chi connectivity index (χ0v) is 14.4. The predicted octanol–water partition coefficient (Wildman–Crippen LogP) is 1.91. The minimum Gasteiger partial charge on any atom is -0.383 e. The van der Waals surface area contributed by atoms with Gasteiger partial charge in [-0.3, -0.25) is 0 Å². The maximum atomic E-state index is 6.08. The van der Waals surface area contributed by atoms with E-state index in [9.17, 15) is 0 Å². The summed E-state index contributed by atoms with van der Waals surface area (Å²) in [5, 5.41) is 11.9. The molecule has 2 aromatic rings. The van der Waals surface area contributed by atoms with E-state index in [4.69, 9.17) is 16.3 Å². The van der Waals surface area contributed by atoms with Gasteiger partial charge in [-0.2, -0.15) is 10.1 Å². The Morgan fingerprint density at radius 2 is 2.00 bits per heavy atom. The normalized spacial score (nSPS) is 14.8. The number of methoxy groups -OCH3 is 1. The first-order valence-electron chi connectivity index (χ1n) is 7.94. The van der Waals surface area contributed by atoms with Gasteiger partial charge in [0, 0.05) is 50.5 Å². The molecule has 1 N–H and O–H groups in total. The lowest BCUT2D eigenvalue weighted by molar-refractivity contribution is 0.210. The van der Waals surface area contributed by atoms with Crippen LogP contribution < -0.4 is 15.1 Å². The Kier molecular flexibility index (Phi) is 5.66. The quantitative estimate of drug-likeness (QED) is 0.800. The van der Waals surface area contributed by atoms with Crippen LogP contribution in [0.25, 0.3) is 0 Å². The molecule has 1 aliphatic heterocycles. The van der Waals surface area contributed by atoms with E-state index in [2.05, 4.69) is 36.4 Å². The summed E-state index contributed by atoms with van der Waals surface area (Å²) in [5.41, 5.74) is 1.16. The number of anilines is 3. The molecule has 0 spiro atoms. The SMILES string of the molecule is COCCNc1nncc(N2CCN(c3cccc(Cl)c3)CC2)n1. The number of nitrogens with zero attached hydrogens (tertiary/aromatic N) is 5. The van der Waals surface area contributed by atoms with Gasteiger partial charge in [0.2, 0.25) is 5.95 Å². The number of benzene rings is 1. The predicted molar refractivity (Wildman–Crippen MR) is 96.1 cm³/mol. The van der Waals surface area contributed by atoms with Crippen molar-refractivity contribution in [3.63, 3.8) is 0 Å². The van der Waals surface area contributed by atoms with Crippen molar-refractivity contribution in [1.82, 2.24) is 15.2 Å². The molecule has 0 aliphatic carbocycles. The third kappa shape index (κ3) is 4.24. The summed E-state index contributed by atoms with van der Waals surface area (Å²) in [6.07, 6.45) is 1.70. The lowest BCUT2D eigenvalue weighted by atomic mass is 10.2. The summed E-state index contributed by atoms with van der Waals surface area (Å²) in [6, 6.07) is 7.97. The van der Waals surface area contributed by atoms with E-state index in [0.717, 1.165) is 42.7 Å². The Morgan fingerprint density at radius 3 is 2.75 bits per heavy atom. The first-order valence-corrected chi connectivity index (χ1v) is 8.32. The minimum atomic E-state index is 0.529. The maximum absolute atomic E-state index is 6.08. The lowest BCUT2D eigenvalue weighted by Gasteiger charge is -2.36. The smallest absolute Gasteiger partial charge is 0.244 e. The van der Waals surface area contributed by atoms with E-state index in [1.165, 1.54) is 0 Å². The molecule has 0 saturated carbocycles. The number of aromatic nitrogens is 3. The van der Waals surface area contributed by atoms with E-state index in [-0.39, 0.29) is 0 Å². The molecule has 1 saturated heterocycles. The van der Waals surface area contributed by atoms with Crippen LogP contribution in [-0.4, -0.2) is 61.6 Å². The monoisotopic (exact) mass is 348 g/mol. The average molecular weight is 349 g/mol. The molecule has 0 atom stereocenters. The zero-order valence-electron chi connectivity index (χ0n) is 13.7. The fourth-order valence-corrected chi connectivity index (χ4v) is 2.84. The van der Waals surface area contributed by atoms with Crippen LogP contribution in [-0.2, 0) is 4.74 Å². The molecular weight excluding hydrogens is 328 g/mol. The molecule has 8 heteroatoms. The van der Waals surface area contributed by atoms with Gasteiger partial charge in [-0.05, 0) is 18.2 Å². The van der Waals surface area contributed by atoms with Gasteiger partial charge >= 0.3 is 0 Å². The zero-order chi connectivity index (χ0) is 16.8. The van der Waals surface area contributed by atoms with Gasteiger partial charge in [0.15, 0.2) is 5.82 Å². The van der Waals surface area contributed by atoms with Crippen molar-refractivity contribution in [3.8, 4) is 0 Å². The van der Waals surface area contributed by atoms with Crippen molar-refractivity contribution >= 4 is 29.1 Å². The Bertz CT molecular complexity index is 663. The molecule has 1 fully saturated rings. The summed E-state index contributed by atoms with van der Waals surface area (Å²) in [4.78, 5) is 9.07. The van der Waals surface area contributed by atoms with E-state index < -0.39 is 0 Å². The second-order valence-electron chi connectivity index (χ2n) is 5.51. The van der Waals surface area contributed by atoms with Crippen molar-refractivity contribution in [2.75, 3.05) is 61.6 Å². The highest BCUT2D eigenvalue weighted by atomic mass is 35.5.